The fourth-order valence-corrected chi connectivity index (χ4v) is 5.00. The van der Waals surface area contributed by atoms with E-state index in [1.165, 1.54) is 0 Å². The zero-order valence-corrected chi connectivity index (χ0v) is 18.0. The van der Waals surface area contributed by atoms with Crippen molar-refractivity contribution in [3.8, 4) is 0 Å². The van der Waals surface area contributed by atoms with E-state index in [-0.39, 0.29) is 41.5 Å². The molecule has 0 radical (unpaired) electrons. The number of carbonyl (C=O) groups excluding carboxylic acids is 2. The number of fused-ring (bicyclic) bond motifs is 1. The molecule has 0 aromatic carbocycles. The SMILES string of the molecule is CN1[C@@H](CCC(=O)N2CCC(O)CC2)CNC(=O)[C@@H]2[C@H]1CCN2CC(C)(C)C. The van der Waals surface area contributed by atoms with Crippen molar-refractivity contribution in [3.05, 3.63) is 0 Å². The number of hydrogen-bond donors (Lipinski definition) is 2. The standard InChI is InChI=1S/C21H38N4O3/c1-21(2,3)14-25-12-9-17-19(25)20(28)22-13-15(23(17)4)5-6-18(27)24-10-7-16(26)8-11-24/h15-17,19,26H,5-14H2,1-4H3,(H,22,28)/t15-,17+,19-/m0/s1. The molecular formula is C21H38N4O3. The number of aliphatic hydroxyl groups is 1. The van der Waals surface area contributed by atoms with Crippen molar-refractivity contribution in [2.24, 2.45) is 5.41 Å². The number of aliphatic hydroxyl groups excluding tert-OH is 1. The fourth-order valence-electron chi connectivity index (χ4n) is 5.00. The lowest BCUT2D eigenvalue weighted by atomic mass is 9.95. The van der Waals surface area contributed by atoms with E-state index in [2.05, 4.69) is 42.9 Å². The highest BCUT2D eigenvalue weighted by atomic mass is 16.3. The molecule has 3 fully saturated rings. The summed E-state index contributed by atoms with van der Waals surface area (Å²) < 4.78 is 0. The molecule has 0 bridgehead atoms. The van der Waals surface area contributed by atoms with E-state index in [0.29, 0.717) is 38.9 Å². The normalized spacial score (nSPS) is 30.8. The average Bonchev–Trinajstić information content (AvgIpc) is 2.98. The second-order valence-electron chi connectivity index (χ2n) is 10.0. The lowest BCUT2D eigenvalue weighted by Crippen LogP contribution is -2.51. The Morgan fingerprint density at radius 2 is 1.86 bits per heavy atom. The van der Waals surface area contributed by atoms with Gasteiger partial charge in [-0.25, -0.2) is 0 Å². The summed E-state index contributed by atoms with van der Waals surface area (Å²) in [5.41, 5.74) is 0.161. The molecule has 0 aromatic heterocycles. The van der Waals surface area contributed by atoms with Gasteiger partial charge in [-0.2, -0.15) is 0 Å². The minimum atomic E-state index is -0.261. The molecule has 3 saturated heterocycles. The average molecular weight is 395 g/mol. The van der Waals surface area contributed by atoms with Crippen LogP contribution in [0.2, 0.25) is 0 Å². The van der Waals surface area contributed by atoms with Crippen LogP contribution in [0.3, 0.4) is 0 Å². The number of nitrogens with zero attached hydrogens (tertiary/aromatic N) is 3. The van der Waals surface area contributed by atoms with Gasteiger partial charge in [0.15, 0.2) is 0 Å². The van der Waals surface area contributed by atoms with Crippen molar-refractivity contribution < 1.29 is 14.7 Å². The lowest BCUT2D eigenvalue weighted by Gasteiger charge is -2.35. The predicted octanol–water partition coefficient (Wildman–Crippen LogP) is 0.669. The molecule has 0 saturated carbocycles. The van der Waals surface area contributed by atoms with Gasteiger partial charge in [0.2, 0.25) is 11.8 Å². The van der Waals surface area contributed by atoms with Gasteiger partial charge < -0.3 is 15.3 Å². The quantitative estimate of drug-likeness (QED) is 0.733. The Kier molecular flexibility index (Phi) is 6.67. The first-order valence-electron chi connectivity index (χ1n) is 10.9. The number of likely N-dealkylation sites (N-methyl/N-ethyl adjacent to an activating group) is 1. The Balaban J connectivity index is 1.58. The number of rotatable bonds is 4. The van der Waals surface area contributed by atoms with Crippen molar-refractivity contribution in [3.63, 3.8) is 0 Å². The van der Waals surface area contributed by atoms with E-state index < -0.39 is 0 Å². The fraction of sp³-hybridized carbons (Fsp3) is 0.905. The number of nitrogens with one attached hydrogen (secondary N) is 1. The first kappa shape index (κ1) is 21.5. The molecule has 2 N–H and O–H groups in total. The largest absolute Gasteiger partial charge is 0.393 e. The van der Waals surface area contributed by atoms with Crippen molar-refractivity contribution >= 4 is 11.8 Å². The van der Waals surface area contributed by atoms with Crippen LogP contribution in [0, 0.1) is 5.41 Å². The maximum atomic E-state index is 12.8. The molecule has 0 aromatic rings. The third-order valence-electron chi connectivity index (χ3n) is 6.54. The molecule has 3 rings (SSSR count). The van der Waals surface area contributed by atoms with E-state index in [0.717, 1.165) is 25.9 Å². The molecule has 2 amide bonds. The Bertz CT molecular complexity index is 568. The number of amides is 2. The topological polar surface area (TPSA) is 76.1 Å². The van der Waals surface area contributed by atoms with Crippen molar-refractivity contribution in [1.29, 1.82) is 0 Å². The van der Waals surface area contributed by atoms with Crippen LogP contribution in [0.1, 0.15) is 52.9 Å². The molecule has 160 valence electrons. The van der Waals surface area contributed by atoms with Gasteiger partial charge in [0.05, 0.1) is 6.10 Å². The molecule has 0 unspecified atom stereocenters. The van der Waals surface area contributed by atoms with E-state index in [1.807, 2.05) is 4.90 Å². The monoisotopic (exact) mass is 394 g/mol. The zero-order chi connectivity index (χ0) is 20.5. The zero-order valence-electron chi connectivity index (χ0n) is 18.0. The van der Waals surface area contributed by atoms with E-state index in [1.54, 1.807) is 0 Å². The number of likely N-dealkylation sites (tertiary alicyclic amines) is 2. The molecule has 7 heteroatoms. The van der Waals surface area contributed by atoms with Gasteiger partial charge in [-0.15, -0.1) is 0 Å². The maximum absolute atomic E-state index is 12.8. The summed E-state index contributed by atoms with van der Waals surface area (Å²) >= 11 is 0. The summed E-state index contributed by atoms with van der Waals surface area (Å²) in [7, 11) is 2.12. The highest BCUT2D eigenvalue weighted by Gasteiger charge is 2.45. The molecule has 3 aliphatic heterocycles. The van der Waals surface area contributed by atoms with Crippen LogP contribution >= 0.6 is 0 Å². The van der Waals surface area contributed by atoms with Crippen LogP contribution in [0.25, 0.3) is 0 Å². The lowest BCUT2D eigenvalue weighted by molar-refractivity contribution is -0.133. The molecule has 28 heavy (non-hydrogen) atoms. The maximum Gasteiger partial charge on any atom is 0.239 e. The van der Waals surface area contributed by atoms with Crippen LogP contribution in [-0.4, -0.2) is 95.6 Å². The summed E-state index contributed by atoms with van der Waals surface area (Å²) in [6, 6.07) is 0.316. The third-order valence-corrected chi connectivity index (χ3v) is 6.54. The second-order valence-corrected chi connectivity index (χ2v) is 10.0. The molecular weight excluding hydrogens is 356 g/mol. The van der Waals surface area contributed by atoms with Gasteiger partial charge in [-0.3, -0.25) is 19.4 Å². The van der Waals surface area contributed by atoms with Crippen molar-refractivity contribution in [2.75, 3.05) is 39.8 Å². The Hall–Kier alpha value is -1.18. The minimum Gasteiger partial charge on any atom is -0.393 e. The van der Waals surface area contributed by atoms with Gasteiger partial charge in [0, 0.05) is 51.2 Å². The Morgan fingerprint density at radius 3 is 2.50 bits per heavy atom. The van der Waals surface area contributed by atoms with E-state index in [9.17, 15) is 14.7 Å². The minimum absolute atomic E-state index is 0.0893. The first-order valence-corrected chi connectivity index (χ1v) is 10.9. The number of carbonyl (C=O) groups is 2. The molecule has 3 atom stereocenters. The highest BCUT2D eigenvalue weighted by molar-refractivity contribution is 5.83. The van der Waals surface area contributed by atoms with E-state index >= 15 is 0 Å². The summed E-state index contributed by atoms with van der Waals surface area (Å²) in [4.78, 5) is 32.0. The van der Waals surface area contributed by atoms with Crippen molar-refractivity contribution in [2.45, 2.75) is 77.1 Å². The second kappa shape index (κ2) is 8.67. The number of hydrogen-bond acceptors (Lipinski definition) is 5. The molecule has 3 aliphatic rings. The molecule has 3 heterocycles. The summed E-state index contributed by atoms with van der Waals surface area (Å²) in [5.74, 6) is 0.311. The molecule has 0 spiro atoms. The number of piperidine rings is 1. The van der Waals surface area contributed by atoms with Gasteiger partial charge in [0.1, 0.15) is 6.04 Å². The third kappa shape index (κ3) is 5.05. The summed E-state index contributed by atoms with van der Waals surface area (Å²) in [5, 5.41) is 12.8. The molecule has 0 aliphatic carbocycles. The van der Waals surface area contributed by atoms with E-state index in [4.69, 9.17) is 0 Å². The van der Waals surface area contributed by atoms with Crippen LogP contribution in [0.4, 0.5) is 0 Å². The summed E-state index contributed by atoms with van der Waals surface area (Å²) in [6.45, 7) is 10.4. The first-order chi connectivity index (χ1) is 13.2. The van der Waals surface area contributed by atoms with Gasteiger partial charge in [0.25, 0.3) is 0 Å². The van der Waals surface area contributed by atoms with Gasteiger partial charge in [-0.1, -0.05) is 20.8 Å². The Morgan fingerprint density at radius 1 is 1.18 bits per heavy atom. The van der Waals surface area contributed by atoms with Gasteiger partial charge >= 0.3 is 0 Å². The van der Waals surface area contributed by atoms with Crippen LogP contribution in [0.5, 0.6) is 0 Å². The predicted molar refractivity (Wildman–Crippen MR) is 109 cm³/mol. The van der Waals surface area contributed by atoms with Gasteiger partial charge in [-0.05, 0) is 38.1 Å². The smallest absolute Gasteiger partial charge is 0.239 e. The highest BCUT2D eigenvalue weighted by Crippen LogP contribution is 2.30. The van der Waals surface area contributed by atoms with Crippen LogP contribution < -0.4 is 5.32 Å². The summed E-state index contributed by atoms with van der Waals surface area (Å²) in [6.07, 6.45) is 3.36. The van der Waals surface area contributed by atoms with Crippen molar-refractivity contribution in [1.82, 2.24) is 20.0 Å². The van der Waals surface area contributed by atoms with Crippen LogP contribution in [-0.2, 0) is 9.59 Å². The Labute approximate surface area is 169 Å². The molecule has 7 nitrogen and oxygen atoms in total. The van der Waals surface area contributed by atoms with Crippen LogP contribution in [0.15, 0.2) is 0 Å².